The van der Waals surface area contributed by atoms with Crippen molar-refractivity contribution in [3.8, 4) is 0 Å². The molecule has 2 fully saturated rings. The standard InChI is InChI=1S/C11H22N2O3S/c1-9(2)17(15,16)13-7-10(11(14)8-13)12-5-3-4-6-12/h9-11,14H,3-8H2,1-2H3/t10-,11-/m1/s1. The Morgan fingerprint density at radius 3 is 2.29 bits per heavy atom. The molecule has 0 spiro atoms. The van der Waals surface area contributed by atoms with E-state index < -0.39 is 21.4 Å². The molecule has 2 heterocycles. The van der Waals surface area contributed by atoms with Crippen LogP contribution in [0.4, 0.5) is 0 Å². The minimum Gasteiger partial charge on any atom is -0.390 e. The minimum atomic E-state index is -3.23. The number of aliphatic hydroxyl groups is 1. The van der Waals surface area contributed by atoms with Gasteiger partial charge in [-0.1, -0.05) is 0 Å². The first kappa shape index (κ1) is 13.3. The number of aliphatic hydroxyl groups excluding tert-OH is 1. The molecule has 5 nitrogen and oxygen atoms in total. The maximum Gasteiger partial charge on any atom is 0.216 e. The van der Waals surface area contributed by atoms with Crippen molar-refractivity contribution in [3.05, 3.63) is 0 Å². The summed E-state index contributed by atoms with van der Waals surface area (Å²) >= 11 is 0. The van der Waals surface area contributed by atoms with E-state index in [-0.39, 0.29) is 12.6 Å². The Labute approximate surface area is 103 Å². The Hall–Kier alpha value is -0.170. The summed E-state index contributed by atoms with van der Waals surface area (Å²) in [6.45, 7) is 6.04. The van der Waals surface area contributed by atoms with Crippen molar-refractivity contribution < 1.29 is 13.5 Å². The normalized spacial score (nSPS) is 32.7. The van der Waals surface area contributed by atoms with E-state index in [1.165, 1.54) is 4.31 Å². The molecular weight excluding hydrogens is 240 g/mol. The molecule has 2 aliphatic rings. The lowest BCUT2D eigenvalue weighted by Gasteiger charge is -2.25. The molecule has 1 N–H and O–H groups in total. The molecule has 0 radical (unpaired) electrons. The molecule has 0 bridgehead atoms. The summed E-state index contributed by atoms with van der Waals surface area (Å²) in [6.07, 6.45) is 1.77. The van der Waals surface area contributed by atoms with E-state index in [2.05, 4.69) is 4.90 Å². The monoisotopic (exact) mass is 262 g/mol. The Balaban J connectivity index is 2.06. The second kappa shape index (κ2) is 4.84. The molecule has 2 saturated heterocycles. The fourth-order valence-corrected chi connectivity index (χ4v) is 3.99. The van der Waals surface area contributed by atoms with Crippen LogP contribution < -0.4 is 0 Å². The van der Waals surface area contributed by atoms with E-state index in [4.69, 9.17) is 0 Å². The van der Waals surface area contributed by atoms with Crippen LogP contribution in [-0.4, -0.2) is 66.3 Å². The quantitative estimate of drug-likeness (QED) is 0.769. The zero-order chi connectivity index (χ0) is 12.6. The highest BCUT2D eigenvalue weighted by Gasteiger charge is 2.41. The minimum absolute atomic E-state index is 0.00831. The first-order valence-electron chi connectivity index (χ1n) is 6.34. The Bertz CT molecular complexity index is 363. The van der Waals surface area contributed by atoms with Crippen molar-refractivity contribution in [1.82, 2.24) is 9.21 Å². The number of likely N-dealkylation sites (tertiary alicyclic amines) is 1. The lowest BCUT2D eigenvalue weighted by atomic mass is 10.2. The summed E-state index contributed by atoms with van der Waals surface area (Å²) in [7, 11) is -3.23. The molecule has 2 atom stereocenters. The molecule has 2 aliphatic heterocycles. The zero-order valence-electron chi connectivity index (χ0n) is 10.5. The summed E-state index contributed by atoms with van der Waals surface area (Å²) in [6, 6.07) is -0.00831. The SMILES string of the molecule is CC(C)S(=O)(=O)N1C[C@@H](O)[C@H](N2CCCC2)C1. The van der Waals surface area contributed by atoms with Gasteiger partial charge in [0.1, 0.15) is 0 Å². The average molecular weight is 262 g/mol. The Kier molecular flexibility index (Phi) is 3.77. The van der Waals surface area contributed by atoms with Crippen LogP contribution in [-0.2, 0) is 10.0 Å². The summed E-state index contributed by atoms with van der Waals surface area (Å²) in [5.74, 6) is 0. The Morgan fingerprint density at radius 1 is 1.18 bits per heavy atom. The highest BCUT2D eigenvalue weighted by Crippen LogP contribution is 2.24. The van der Waals surface area contributed by atoms with Crippen LogP contribution in [0.25, 0.3) is 0 Å². The van der Waals surface area contributed by atoms with E-state index in [0.717, 1.165) is 25.9 Å². The average Bonchev–Trinajstić information content (AvgIpc) is 2.85. The molecule has 0 amide bonds. The van der Waals surface area contributed by atoms with Gasteiger partial charge in [-0.05, 0) is 39.8 Å². The Morgan fingerprint density at radius 2 is 1.76 bits per heavy atom. The zero-order valence-corrected chi connectivity index (χ0v) is 11.4. The van der Waals surface area contributed by atoms with Crippen LogP contribution in [0.1, 0.15) is 26.7 Å². The summed E-state index contributed by atoms with van der Waals surface area (Å²) in [5.41, 5.74) is 0. The number of hydrogen-bond donors (Lipinski definition) is 1. The van der Waals surface area contributed by atoms with Gasteiger partial charge in [0.2, 0.25) is 10.0 Å². The van der Waals surface area contributed by atoms with E-state index >= 15 is 0 Å². The third kappa shape index (κ3) is 2.50. The largest absolute Gasteiger partial charge is 0.390 e. The lowest BCUT2D eigenvalue weighted by Crippen LogP contribution is -2.42. The van der Waals surface area contributed by atoms with Gasteiger partial charge in [0.25, 0.3) is 0 Å². The molecular formula is C11H22N2O3S. The molecule has 0 saturated carbocycles. The van der Waals surface area contributed by atoms with Gasteiger partial charge in [0.15, 0.2) is 0 Å². The molecule has 0 aromatic heterocycles. The summed E-state index contributed by atoms with van der Waals surface area (Å²) < 4.78 is 25.5. The molecule has 2 rings (SSSR count). The maximum atomic E-state index is 12.0. The van der Waals surface area contributed by atoms with Crippen molar-refractivity contribution in [2.75, 3.05) is 26.2 Å². The van der Waals surface area contributed by atoms with Crippen molar-refractivity contribution in [3.63, 3.8) is 0 Å². The van der Waals surface area contributed by atoms with Gasteiger partial charge in [0, 0.05) is 13.1 Å². The molecule has 0 aromatic rings. The van der Waals surface area contributed by atoms with Crippen molar-refractivity contribution in [2.45, 2.75) is 44.1 Å². The third-order valence-electron chi connectivity index (χ3n) is 3.79. The third-order valence-corrected chi connectivity index (χ3v) is 6.00. The molecule has 17 heavy (non-hydrogen) atoms. The van der Waals surface area contributed by atoms with E-state index in [9.17, 15) is 13.5 Å². The van der Waals surface area contributed by atoms with E-state index in [1.54, 1.807) is 13.8 Å². The van der Waals surface area contributed by atoms with Gasteiger partial charge in [-0.15, -0.1) is 0 Å². The number of sulfonamides is 1. The highest BCUT2D eigenvalue weighted by molar-refractivity contribution is 7.89. The fraction of sp³-hybridized carbons (Fsp3) is 1.00. The number of rotatable bonds is 3. The van der Waals surface area contributed by atoms with Gasteiger partial charge < -0.3 is 5.11 Å². The molecule has 0 aromatic carbocycles. The smallest absolute Gasteiger partial charge is 0.216 e. The van der Waals surface area contributed by atoms with Crippen LogP contribution in [0.3, 0.4) is 0 Å². The van der Waals surface area contributed by atoms with Crippen LogP contribution in [0.5, 0.6) is 0 Å². The summed E-state index contributed by atoms with van der Waals surface area (Å²) in [5, 5.41) is 9.61. The molecule has 6 heteroatoms. The first-order valence-corrected chi connectivity index (χ1v) is 7.84. The number of β-amino-alcohol motifs (C(OH)–C–C–N with tert-alkyl or cyclic N) is 1. The van der Waals surface area contributed by atoms with Crippen LogP contribution in [0.15, 0.2) is 0 Å². The lowest BCUT2D eigenvalue weighted by molar-refractivity contribution is 0.0983. The van der Waals surface area contributed by atoms with Crippen molar-refractivity contribution in [2.24, 2.45) is 0 Å². The highest BCUT2D eigenvalue weighted by atomic mass is 32.2. The maximum absolute atomic E-state index is 12.0. The second-order valence-corrected chi connectivity index (χ2v) is 7.78. The second-order valence-electron chi connectivity index (χ2n) is 5.29. The predicted octanol–water partition coefficient (Wildman–Crippen LogP) is -0.135. The molecule has 0 unspecified atom stereocenters. The van der Waals surface area contributed by atoms with E-state index in [0.29, 0.717) is 6.54 Å². The number of hydrogen-bond acceptors (Lipinski definition) is 4. The van der Waals surface area contributed by atoms with Gasteiger partial charge in [0.05, 0.1) is 17.4 Å². The van der Waals surface area contributed by atoms with Gasteiger partial charge in [-0.2, -0.15) is 4.31 Å². The van der Waals surface area contributed by atoms with Crippen LogP contribution >= 0.6 is 0 Å². The van der Waals surface area contributed by atoms with Crippen molar-refractivity contribution >= 4 is 10.0 Å². The molecule has 0 aliphatic carbocycles. The topological polar surface area (TPSA) is 60.9 Å². The number of nitrogens with zero attached hydrogens (tertiary/aromatic N) is 2. The van der Waals surface area contributed by atoms with E-state index in [1.807, 2.05) is 0 Å². The predicted molar refractivity (Wildman–Crippen MR) is 66.2 cm³/mol. The van der Waals surface area contributed by atoms with Crippen molar-refractivity contribution in [1.29, 1.82) is 0 Å². The van der Waals surface area contributed by atoms with Gasteiger partial charge in [-0.3, -0.25) is 4.90 Å². The summed E-state index contributed by atoms with van der Waals surface area (Å²) in [4.78, 5) is 2.22. The fourth-order valence-electron chi connectivity index (χ4n) is 2.67. The first-order chi connectivity index (χ1) is 7.93. The van der Waals surface area contributed by atoms with Crippen LogP contribution in [0.2, 0.25) is 0 Å². The van der Waals surface area contributed by atoms with Gasteiger partial charge in [-0.25, -0.2) is 8.42 Å². The molecule has 100 valence electrons. The van der Waals surface area contributed by atoms with Gasteiger partial charge >= 0.3 is 0 Å². The van der Waals surface area contributed by atoms with Crippen LogP contribution in [0, 0.1) is 0 Å².